The van der Waals surface area contributed by atoms with Gasteiger partial charge in [-0.2, -0.15) is 5.10 Å². The quantitative estimate of drug-likeness (QED) is 0.712. The summed E-state index contributed by atoms with van der Waals surface area (Å²) < 4.78 is 3.09. The van der Waals surface area contributed by atoms with Gasteiger partial charge in [0.15, 0.2) is 0 Å². The Morgan fingerprint density at radius 2 is 1.93 bits per heavy atom. The van der Waals surface area contributed by atoms with E-state index in [4.69, 9.17) is 0 Å². The Labute approximate surface area is 98.4 Å². The highest BCUT2D eigenvalue weighted by Gasteiger charge is 2.21. The summed E-state index contributed by atoms with van der Waals surface area (Å²) in [4.78, 5) is 0. The Hall–Kier alpha value is -0.830. The Morgan fingerprint density at radius 1 is 1.27 bits per heavy atom. The van der Waals surface area contributed by atoms with Crippen LogP contribution in [0.4, 0.5) is 0 Å². The molecule has 0 saturated carbocycles. The third-order valence-corrected chi connectivity index (χ3v) is 3.00. The average Bonchev–Trinajstić information content (AvgIpc) is 2.38. The number of benzene rings is 1. The van der Waals surface area contributed by atoms with E-state index in [0.29, 0.717) is 0 Å². The largest absolute Gasteiger partial charge is 0.271 e. The van der Waals surface area contributed by atoms with Crippen LogP contribution in [0.5, 0.6) is 0 Å². The van der Waals surface area contributed by atoms with Gasteiger partial charge in [-0.3, -0.25) is 4.68 Å². The smallest absolute Gasteiger partial charge is 0.0927 e. The van der Waals surface area contributed by atoms with Gasteiger partial charge in [0.1, 0.15) is 0 Å². The van der Waals surface area contributed by atoms with Crippen molar-refractivity contribution < 1.29 is 0 Å². The van der Waals surface area contributed by atoms with Crippen LogP contribution in [0.3, 0.4) is 0 Å². The fraction of sp³-hybridized carbons (Fsp3) is 0.417. The Kier molecular flexibility index (Phi) is 2.38. The van der Waals surface area contributed by atoms with Crippen molar-refractivity contribution in [3.05, 3.63) is 28.4 Å². The second kappa shape index (κ2) is 3.34. The van der Waals surface area contributed by atoms with Crippen LogP contribution < -0.4 is 0 Å². The summed E-state index contributed by atoms with van der Waals surface area (Å²) >= 11 is 3.51. The van der Waals surface area contributed by atoms with E-state index in [2.05, 4.69) is 53.9 Å². The first kappa shape index (κ1) is 10.7. The molecule has 0 spiro atoms. The summed E-state index contributed by atoms with van der Waals surface area (Å²) in [6.07, 6.45) is 0. The molecule has 2 nitrogen and oxygen atoms in total. The maximum atomic E-state index is 4.52. The highest BCUT2D eigenvalue weighted by Crippen LogP contribution is 2.30. The number of rotatable bonds is 0. The standard InChI is InChI=1S/C12H15BrN2/c1-12(2,3)11-9-7-8(13)5-6-10(9)14-15(11)4/h5-7H,1-4H3. The van der Waals surface area contributed by atoms with Gasteiger partial charge < -0.3 is 0 Å². The van der Waals surface area contributed by atoms with E-state index in [9.17, 15) is 0 Å². The number of aromatic nitrogens is 2. The van der Waals surface area contributed by atoms with Crippen LogP contribution in [0.1, 0.15) is 26.5 Å². The SMILES string of the molecule is Cn1nc2ccc(Br)cc2c1C(C)(C)C. The minimum Gasteiger partial charge on any atom is -0.271 e. The number of aryl methyl sites for hydroxylation is 1. The highest BCUT2D eigenvalue weighted by atomic mass is 79.9. The van der Waals surface area contributed by atoms with Crippen molar-refractivity contribution in [3.63, 3.8) is 0 Å². The molecule has 0 saturated heterocycles. The number of hydrogen-bond donors (Lipinski definition) is 0. The van der Waals surface area contributed by atoms with Crippen molar-refractivity contribution >= 4 is 26.8 Å². The van der Waals surface area contributed by atoms with Gasteiger partial charge in [0.05, 0.1) is 11.2 Å². The Morgan fingerprint density at radius 3 is 2.53 bits per heavy atom. The van der Waals surface area contributed by atoms with Gasteiger partial charge >= 0.3 is 0 Å². The van der Waals surface area contributed by atoms with E-state index in [1.165, 1.54) is 11.1 Å². The molecule has 2 aromatic rings. The molecule has 1 heterocycles. The summed E-state index contributed by atoms with van der Waals surface area (Å²) in [7, 11) is 2.01. The second-order valence-electron chi connectivity index (χ2n) is 4.88. The van der Waals surface area contributed by atoms with Crippen LogP contribution in [0.25, 0.3) is 10.9 Å². The third kappa shape index (κ3) is 1.81. The zero-order valence-corrected chi connectivity index (χ0v) is 11.1. The normalized spacial score (nSPS) is 12.3. The maximum Gasteiger partial charge on any atom is 0.0927 e. The van der Waals surface area contributed by atoms with Crippen molar-refractivity contribution in [1.29, 1.82) is 0 Å². The number of nitrogens with zero attached hydrogens (tertiary/aromatic N) is 2. The van der Waals surface area contributed by atoms with E-state index >= 15 is 0 Å². The van der Waals surface area contributed by atoms with Crippen LogP contribution in [-0.2, 0) is 12.5 Å². The average molecular weight is 267 g/mol. The lowest BCUT2D eigenvalue weighted by atomic mass is 9.90. The lowest BCUT2D eigenvalue weighted by Crippen LogP contribution is -2.16. The molecule has 0 bridgehead atoms. The first-order valence-electron chi connectivity index (χ1n) is 5.02. The lowest BCUT2D eigenvalue weighted by Gasteiger charge is -2.19. The van der Waals surface area contributed by atoms with Crippen LogP contribution in [0, 0.1) is 0 Å². The first-order valence-corrected chi connectivity index (χ1v) is 5.81. The number of fused-ring (bicyclic) bond motifs is 1. The molecule has 2 rings (SSSR count). The molecule has 0 atom stereocenters. The van der Waals surface area contributed by atoms with Crippen molar-refractivity contribution in [3.8, 4) is 0 Å². The second-order valence-corrected chi connectivity index (χ2v) is 5.80. The fourth-order valence-corrected chi connectivity index (χ4v) is 2.42. The molecule has 0 aliphatic carbocycles. The predicted molar refractivity (Wildman–Crippen MR) is 67.1 cm³/mol. The van der Waals surface area contributed by atoms with Gasteiger partial charge in [-0.05, 0) is 18.2 Å². The van der Waals surface area contributed by atoms with Crippen LogP contribution >= 0.6 is 15.9 Å². The maximum absolute atomic E-state index is 4.52. The molecule has 3 heteroatoms. The molecule has 15 heavy (non-hydrogen) atoms. The molecule has 0 aliphatic heterocycles. The molecule has 0 N–H and O–H groups in total. The topological polar surface area (TPSA) is 17.8 Å². The Bertz CT molecular complexity index is 506. The molecule has 1 aromatic carbocycles. The summed E-state index contributed by atoms with van der Waals surface area (Å²) in [6, 6.07) is 6.22. The van der Waals surface area contributed by atoms with Gasteiger partial charge in [-0.15, -0.1) is 0 Å². The summed E-state index contributed by atoms with van der Waals surface area (Å²) in [5.41, 5.74) is 2.45. The van der Waals surface area contributed by atoms with E-state index in [1.54, 1.807) is 0 Å². The van der Waals surface area contributed by atoms with Crippen molar-refractivity contribution in [1.82, 2.24) is 9.78 Å². The summed E-state index contributed by atoms with van der Waals surface area (Å²) in [6.45, 7) is 6.64. The van der Waals surface area contributed by atoms with Gasteiger partial charge in [0, 0.05) is 22.3 Å². The molecule has 1 aromatic heterocycles. The molecule has 0 aliphatic rings. The monoisotopic (exact) mass is 266 g/mol. The van der Waals surface area contributed by atoms with E-state index in [0.717, 1.165) is 9.99 Å². The van der Waals surface area contributed by atoms with Gasteiger partial charge in [0.2, 0.25) is 0 Å². The van der Waals surface area contributed by atoms with Crippen LogP contribution in [0.2, 0.25) is 0 Å². The Balaban J connectivity index is 2.82. The first-order chi connectivity index (χ1) is 6.89. The predicted octanol–water partition coefficient (Wildman–Crippen LogP) is 3.63. The molecule has 0 fully saturated rings. The molecule has 0 unspecified atom stereocenters. The minimum absolute atomic E-state index is 0.115. The lowest BCUT2D eigenvalue weighted by molar-refractivity contribution is 0.528. The third-order valence-electron chi connectivity index (χ3n) is 2.51. The molecule has 80 valence electrons. The van der Waals surface area contributed by atoms with Gasteiger partial charge in [-0.25, -0.2) is 0 Å². The zero-order valence-electron chi connectivity index (χ0n) is 9.50. The minimum atomic E-state index is 0.115. The van der Waals surface area contributed by atoms with E-state index < -0.39 is 0 Å². The fourth-order valence-electron chi connectivity index (χ4n) is 2.06. The van der Waals surface area contributed by atoms with Crippen molar-refractivity contribution in [2.45, 2.75) is 26.2 Å². The van der Waals surface area contributed by atoms with Crippen molar-refractivity contribution in [2.24, 2.45) is 7.05 Å². The number of halogens is 1. The van der Waals surface area contributed by atoms with E-state index in [1.807, 2.05) is 17.8 Å². The summed E-state index contributed by atoms with van der Waals surface area (Å²) in [5, 5.41) is 5.75. The van der Waals surface area contributed by atoms with E-state index in [-0.39, 0.29) is 5.41 Å². The van der Waals surface area contributed by atoms with Crippen molar-refractivity contribution in [2.75, 3.05) is 0 Å². The molecule has 0 radical (unpaired) electrons. The molecule has 0 amide bonds. The molecular weight excluding hydrogens is 252 g/mol. The van der Waals surface area contributed by atoms with Gasteiger partial charge in [0.25, 0.3) is 0 Å². The zero-order chi connectivity index (χ0) is 11.2. The summed E-state index contributed by atoms with van der Waals surface area (Å²) in [5.74, 6) is 0. The highest BCUT2D eigenvalue weighted by molar-refractivity contribution is 9.10. The van der Waals surface area contributed by atoms with Crippen LogP contribution in [-0.4, -0.2) is 9.78 Å². The van der Waals surface area contributed by atoms with Crippen LogP contribution in [0.15, 0.2) is 22.7 Å². The molecular formula is C12H15BrN2. The van der Waals surface area contributed by atoms with Gasteiger partial charge in [-0.1, -0.05) is 36.7 Å². The number of hydrogen-bond acceptors (Lipinski definition) is 1.